The molecule has 2 N–H and O–H groups in total. The van der Waals surface area contributed by atoms with Crippen molar-refractivity contribution in [1.29, 1.82) is 0 Å². The van der Waals surface area contributed by atoms with E-state index in [9.17, 15) is 4.79 Å². The van der Waals surface area contributed by atoms with Crippen LogP contribution in [0.15, 0.2) is 34.7 Å². The van der Waals surface area contributed by atoms with Gasteiger partial charge in [-0.1, -0.05) is 44.2 Å². The molecule has 1 aromatic heterocycles. The van der Waals surface area contributed by atoms with Crippen LogP contribution in [0.2, 0.25) is 0 Å². The largest absolute Gasteiger partial charge is 0.440 e. The van der Waals surface area contributed by atoms with Crippen LogP contribution in [0.3, 0.4) is 0 Å². The van der Waals surface area contributed by atoms with Gasteiger partial charge in [-0.2, -0.15) is 0 Å². The van der Waals surface area contributed by atoms with Crippen molar-refractivity contribution in [3.8, 4) is 11.3 Å². The highest BCUT2D eigenvalue weighted by atomic mass is 16.4. The molecule has 1 unspecified atom stereocenters. The molecule has 0 bridgehead atoms. The number of carbonyl (C=O) groups is 1. The first kappa shape index (κ1) is 19.2. The number of hydrogen-bond donors (Lipinski definition) is 1. The molecular formula is C20H29N3O2. The molecule has 1 aromatic carbocycles. The summed E-state index contributed by atoms with van der Waals surface area (Å²) in [5.74, 6) is 1.90. The number of oxazole rings is 1. The molecule has 136 valence electrons. The lowest BCUT2D eigenvalue weighted by Crippen LogP contribution is -2.34. The molecule has 0 radical (unpaired) electrons. The van der Waals surface area contributed by atoms with Gasteiger partial charge < -0.3 is 15.1 Å². The Morgan fingerprint density at radius 1 is 1.28 bits per heavy atom. The fourth-order valence-corrected chi connectivity index (χ4v) is 2.62. The second kappa shape index (κ2) is 8.81. The van der Waals surface area contributed by atoms with E-state index in [0.717, 1.165) is 23.4 Å². The molecule has 2 rings (SSSR count). The van der Waals surface area contributed by atoms with E-state index in [4.69, 9.17) is 10.2 Å². The summed E-state index contributed by atoms with van der Waals surface area (Å²) in [6, 6.07) is 10.0. The molecule has 1 amide bonds. The number of nitrogens with two attached hydrogens (primary N) is 1. The van der Waals surface area contributed by atoms with Gasteiger partial charge in [-0.15, -0.1) is 0 Å². The minimum absolute atomic E-state index is 0.0908. The third kappa shape index (κ3) is 5.43. The van der Waals surface area contributed by atoms with E-state index in [0.29, 0.717) is 31.2 Å². The van der Waals surface area contributed by atoms with Gasteiger partial charge in [0.25, 0.3) is 0 Å². The molecule has 0 fully saturated rings. The van der Waals surface area contributed by atoms with Gasteiger partial charge in [-0.3, -0.25) is 4.79 Å². The Morgan fingerprint density at radius 2 is 1.96 bits per heavy atom. The highest BCUT2D eigenvalue weighted by Crippen LogP contribution is 2.24. The molecule has 5 heteroatoms. The lowest BCUT2D eigenvalue weighted by atomic mass is 10.0. The Morgan fingerprint density at radius 3 is 2.60 bits per heavy atom. The molecule has 1 heterocycles. The second-order valence-corrected chi connectivity index (χ2v) is 6.90. The Labute approximate surface area is 150 Å². The summed E-state index contributed by atoms with van der Waals surface area (Å²) in [6.45, 7) is 6.80. The third-order valence-electron chi connectivity index (χ3n) is 4.51. The first-order chi connectivity index (χ1) is 11.9. The summed E-state index contributed by atoms with van der Waals surface area (Å²) in [5, 5.41) is 0. The molecule has 0 aliphatic heterocycles. The molecule has 0 saturated carbocycles. The first-order valence-corrected chi connectivity index (χ1v) is 8.89. The van der Waals surface area contributed by atoms with Gasteiger partial charge in [0.05, 0.1) is 5.69 Å². The van der Waals surface area contributed by atoms with Crippen molar-refractivity contribution in [3.05, 3.63) is 41.9 Å². The van der Waals surface area contributed by atoms with E-state index in [1.165, 1.54) is 0 Å². The van der Waals surface area contributed by atoms with Gasteiger partial charge in [0.2, 0.25) is 5.91 Å². The Balaban J connectivity index is 1.88. The number of aromatic nitrogens is 1. The van der Waals surface area contributed by atoms with Crippen molar-refractivity contribution >= 4 is 5.91 Å². The van der Waals surface area contributed by atoms with Crippen LogP contribution in [-0.2, 0) is 11.2 Å². The fourth-order valence-electron chi connectivity index (χ4n) is 2.62. The summed E-state index contributed by atoms with van der Waals surface area (Å²) >= 11 is 0. The van der Waals surface area contributed by atoms with Crippen LogP contribution in [0.25, 0.3) is 11.3 Å². The molecule has 0 spiro atoms. The lowest BCUT2D eigenvalue weighted by Gasteiger charge is -2.21. The molecule has 5 nitrogen and oxygen atoms in total. The van der Waals surface area contributed by atoms with Gasteiger partial charge >= 0.3 is 0 Å². The van der Waals surface area contributed by atoms with Crippen molar-refractivity contribution in [2.24, 2.45) is 11.7 Å². The smallest absolute Gasteiger partial charge is 0.222 e. The zero-order valence-corrected chi connectivity index (χ0v) is 15.7. The zero-order valence-electron chi connectivity index (χ0n) is 15.7. The molecule has 25 heavy (non-hydrogen) atoms. The minimum Gasteiger partial charge on any atom is -0.440 e. The normalized spacial score (nSPS) is 12.4. The number of amides is 1. The van der Waals surface area contributed by atoms with Gasteiger partial charge in [0.15, 0.2) is 11.7 Å². The number of aryl methyl sites for hydroxylation is 2. The van der Waals surface area contributed by atoms with E-state index in [1.54, 1.807) is 4.90 Å². The van der Waals surface area contributed by atoms with Crippen molar-refractivity contribution in [3.63, 3.8) is 0 Å². The van der Waals surface area contributed by atoms with Crippen LogP contribution < -0.4 is 5.73 Å². The van der Waals surface area contributed by atoms with Gasteiger partial charge in [-0.05, 0) is 19.3 Å². The first-order valence-electron chi connectivity index (χ1n) is 8.89. The maximum absolute atomic E-state index is 12.3. The SMILES string of the molecule is Cc1nc(CCC(=O)N(C)CCC(N)C(C)C)oc1-c1ccccc1. The van der Waals surface area contributed by atoms with Crippen molar-refractivity contribution in [1.82, 2.24) is 9.88 Å². The van der Waals surface area contributed by atoms with Crippen molar-refractivity contribution < 1.29 is 9.21 Å². The van der Waals surface area contributed by atoms with E-state index in [2.05, 4.69) is 18.8 Å². The number of rotatable bonds is 8. The van der Waals surface area contributed by atoms with Crippen LogP contribution >= 0.6 is 0 Å². The maximum atomic E-state index is 12.3. The summed E-state index contributed by atoms with van der Waals surface area (Å²) < 4.78 is 5.86. The average Bonchev–Trinajstić information content (AvgIpc) is 2.98. The second-order valence-electron chi connectivity index (χ2n) is 6.90. The number of nitrogens with zero attached hydrogens (tertiary/aromatic N) is 2. The van der Waals surface area contributed by atoms with E-state index < -0.39 is 0 Å². The number of carbonyl (C=O) groups excluding carboxylic acids is 1. The van der Waals surface area contributed by atoms with Gasteiger partial charge in [0.1, 0.15) is 0 Å². The standard InChI is InChI=1S/C20H29N3O2/c1-14(2)17(21)12-13-23(4)19(24)11-10-18-22-15(3)20(25-18)16-8-6-5-7-9-16/h5-9,14,17H,10-13,21H2,1-4H3. The van der Waals surface area contributed by atoms with Crippen molar-refractivity contribution in [2.45, 2.75) is 46.1 Å². The van der Waals surface area contributed by atoms with E-state index in [1.807, 2.05) is 44.3 Å². The summed E-state index contributed by atoms with van der Waals surface area (Å²) in [6.07, 6.45) is 1.71. The Hall–Kier alpha value is -2.14. The molecule has 0 saturated heterocycles. The third-order valence-corrected chi connectivity index (χ3v) is 4.51. The monoisotopic (exact) mass is 343 g/mol. The van der Waals surface area contributed by atoms with Crippen LogP contribution in [0.5, 0.6) is 0 Å². The number of hydrogen-bond acceptors (Lipinski definition) is 4. The van der Waals surface area contributed by atoms with Gasteiger partial charge in [-0.25, -0.2) is 4.98 Å². The summed E-state index contributed by atoms with van der Waals surface area (Å²) in [4.78, 5) is 18.5. The Kier molecular flexibility index (Phi) is 6.76. The fraction of sp³-hybridized carbons (Fsp3) is 0.500. The predicted octanol–water partition coefficient (Wildman–Crippen LogP) is 3.41. The van der Waals surface area contributed by atoms with Crippen LogP contribution in [-0.4, -0.2) is 35.4 Å². The van der Waals surface area contributed by atoms with Crippen molar-refractivity contribution in [2.75, 3.05) is 13.6 Å². The topological polar surface area (TPSA) is 72.4 Å². The van der Waals surface area contributed by atoms with E-state index in [-0.39, 0.29) is 11.9 Å². The minimum atomic E-state index is 0.0908. The van der Waals surface area contributed by atoms with E-state index >= 15 is 0 Å². The Bertz CT molecular complexity index is 680. The molecule has 1 atom stereocenters. The highest BCUT2D eigenvalue weighted by molar-refractivity contribution is 5.76. The molecular weight excluding hydrogens is 314 g/mol. The predicted molar refractivity (Wildman–Crippen MR) is 100 cm³/mol. The van der Waals surface area contributed by atoms with Crippen LogP contribution in [0, 0.1) is 12.8 Å². The summed E-state index contributed by atoms with van der Waals surface area (Å²) in [5.41, 5.74) is 7.90. The highest BCUT2D eigenvalue weighted by Gasteiger charge is 2.16. The van der Waals surface area contributed by atoms with Crippen LogP contribution in [0.1, 0.15) is 38.3 Å². The molecule has 0 aliphatic carbocycles. The maximum Gasteiger partial charge on any atom is 0.222 e. The molecule has 0 aliphatic rings. The zero-order chi connectivity index (χ0) is 18.4. The molecule has 2 aromatic rings. The quantitative estimate of drug-likeness (QED) is 0.797. The van der Waals surface area contributed by atoms with Crippen LogP contribution in [0.4, 0.5) is 0 Å². The number of benzene rings is 1. The average molecular weight is 343 g/mol. The summed E-state index contributed by atoms with van der Waals surface area (Å²) in [7, 11) is 1.82. The lowest BCUT2D eigenvalue weighted by molar-refractivity contribution is -0.130. The van der Waals surface area contributed by atoms with Gasteiger partial charge in [0, 0.05) is 38.0 Å².